The van der Waals surface area contributed by atoms with Crippen LogP contribution in [0.25, 0.3) is 10.8 Å². The number of pyridine rings is 1. The fourth-order valence-electron chi connectivity index (χ4n) is 4.79. The standard InChI is InChI=1S/C24H28N8O/c1-14-15(9-25)5-4-6-18(14)23(26)28-24-19-8-22(32-11-17-7-16(32)13-33-17)27-10-20(19)21(29-30-24)12-31(2)3/h4-6,8,10,16-17,23H,7,11-13,26H2,1-3H3,(H,28,30)/t16-,17-,23+/m1/s1. The van der Waals surface area contributed by atoms with Crippen LogP contribution in [0, 0.1) is 18.3 Å². The molecule has 0 spiro atoms. The number of morpholine rings is 1. The predicted octanol–water partition coefficient (Wildman–Crippen LogP) is 2.31. The molecule has 2 bridgehead atoms. The van der Waals surface area contributed by atoms with E-state index in [2.05, 4.69) is 37.4 Å². The number of rotatable bonds is 6. The number of anilines is 2. The van der Waals surface area contributed by atoms with Crippen LogP contribution in [-0.4, -0.2) is 59.5 Å². The fraction of sp³-hybridized carbons (Fsp3) is 0.417. The van der Waals surface area contributed by atoms with Gasteiger partial charge in [-0.3, -0.25) is 0 Å². The first-order valence-corrected chi connectivity index (χ1v) is 11.1. The summed E-state index contributed by atoms with van der Waals surface area (Å²) in [6, 6.07) is 10.2. The zero-order valence-electron chi connectivity index (χ0n) is 19.1. The van der Waals surface area contributed by atoms with Gasteiger partial charge in [-0.25, -0.2) is 4.98 Å². The van der Waals surface area contributed by atoms with Crippen LogP contribution in [0.4, 0.5) is 11.6 Å². The lowest BCUT2D eigenvalue weighted by atomic mass is 10.0. The summed E-state index contributed by atoms with van der Waals surface area (Å²) in [4.78, 5) is 9.16. The number of nitrogens with zero attached hydrogens (tertiary/aromatic N) is 6. The topological polar surface area (TPSA) is 116 Å². The van der Waals surface area contributed by atoms with Crippen LogP contribution in [0.5, 0.6) is 0 Å². The molecule has 2 saturated heterocycles. The second-order valence-corrected chi connectivity index (χ2v) is 9.07. The third kappa shape index (κ3) is 3.97. The van der Waals surface area contributed by atoms with Crippen molar-refractivity contribution in [3.63, 3.8) is 0 Å². The van der Waals surface area contributed by atoms with Crippen LogP contribution in [0.1, 0.15) is 35.0 Å². The lowest BCUT2D eigenvalue weighted by molar-refractivity contribution is 0.0989. The van der Waals surface area contributed by atoms with Crippen LogP contribution < -0.4 is 16.0 Å². The molecule has 2 fully saturated rings. The molecule has 1 aromatic carbocycles. The molecule has 3 N–H and O–H groups in total. The first kappa shape index (κ1) is 21.5. The number of benzene rings is 1. The van der Waals surface area contributed by atoms with Crippen LogP contribution >= 0.6 is 0 Å². The van der Waals surface area contributed by atoms with Gasteiger partial charge in [-0.2, -0.15) is 10.4 Å². The van der Waals surface area contributed by atoms with Crippen molar-refractivity contribution in [2.75, 3.05) is 37.5 Å². The highest BCUT2D eigenvalue weighted by Crippen LogP contribution is 2.34. The zero-order valence-corrected chi connectivity index (χ0v) is 19.1. The molecule has 3 aromatic rings. The molecule has 9 nitrogen and oxygen atoms in total. The van der Waals surface area contributed by atoms with Gasteiger partial charge in [0.05, 0.1) is 36.1 Å². The Morgan fingerprint density at radius 3 is 2.88 bits per heavy atom. The number of nitrogens with one attached hydrogen (secondary N) is 1. The van der Waals surface area contributed by atoms with E-state index in [1.54, 1.807) is 6.07 Å². The molecule has 0 unspecified atom stereocenters. The minimum atomic E-state index is -0.539. The Hall–Kier alpha value is -3.32. The molecule has 33 heavy (non-hydrogen) atoms. The lowest BCUT2D eigenvalue weighted by Gasteiger charge is -2.28. The van der Waals surface area contributed by atoms with Gasteiger partial charge in [0, 0.05) is 30.1 Å². The van der Waals surface area contributed by atoms with E-state index >= 15 is 0 Å². The summed E-state index contributed by atoms with van der Waals surface area (Å²) in [5.41, 5.74) is 9.72. The van der Waals surface area contributed by atoms with Crippen molar-refractivity contribution >= 4 is 22.4 Å². The Morgan fingerprint density at radius 1 is 1.33 bits per heavy atom. The van der Waals surface area contributed by atoms with Crippen molar-refractivity contribution in [3.8, 4) is 6.07 Å². The third-order valence-electron chi connectivity index (χ3n) is 6.51. The molecule has 0 saturated carbocycles. The molecule has 0 amide bonds. The maximum atomic E-state index is 9.38. The van der Waals surface area contributed by atoms with E-state index < -0.39 is 6.17 Å². The molecule has 0 radical (unpaired) electrons. The Kier molecular flexibility index (Phi) is 5.58. The number of hydrogen-bond acceptors (Lipinski definition) is 9. The van der Waals surface area contributed by atoms with E-state index in [9.17, 15) is 5.26 Å². The maximum Gasteiger partial charge on any atom is 0.158 e. The number of ether oxygens (including phenoxy) is 1. The summed E-state index contributed by atoms with van der Waals surface area (Å²) >= 11 is 0. The summed E-state index contributed by atoms with van der Waals surface area (Å²) < 4.78 is 5.76. The average molecular weight is 445 g/mol. The van der Waals surface area contributed by atoms with Crippen molar-refractivity contribution in [1.82, 2.24) is 20.1 Å². The molecule has 2 aliphatic rings. The quantitative estimate of drug-likeness (QED) is 0.552. The highest BCUT2D eigenvalue weighted by atomic mass is 16.5. The molecule has 9 heteroatoms. The molecule has 170 valence electrons. The highest BCUT2D eigenvalue weighted by molar-refractivity contribution is 5.94. The summed E-state index contributed by atoms with van der Waals surface area (Å²) in [6.07, 6.45) is 2.69. The maximum absolute atomic E-state index is 9.38. The van der Waals surface area contributed by atoms with Crippen LogP contribution in [-0.2, 0) is 11.3 Å². The highest BCUT2D eigenvalue weighted by Gasteiger charge is 2.39. The molecular weight excluding hydrogens is 416 g/mol. The van der Waals surface area contributed by atoms with Crippen molar-refractivity contribution in [3.05, 3.63) is 52.8 Å². The molecule has 2 aliphatic heterocycles. The molecule has 2 aromatic heterocycles. The number of nitrogens with two attached hydrogens (primary N) is 1. The SMILES string of the molecule is Cc1c(C#N)cccc1[C@@H](N)Nc1nnc(CN(C)C)c2cnc(N3C[C@H]4C[C@@H]3CO4)cc12. The average Bonchev–Trinajstić information content (AvgIpc) is 3.44. The van der Waals surface area contributed by atoms with Gasteiger partial charge in [-0.15, -0.1) is 5.10 Å². The molecule has 4 heterocycles. The predicted molar refractivity (Wildman–Crippen MR) is 127 cm³/mol. The van der Waals surface area contributed by atoms with Gasteiger partial charge >= 0.3 is 0 Å². The lowest BCUT2D eigenvalue weighted by Crippen LogP contribution is -2.37. The van der Waals surface area contributed by atoms with Gasteiger partial charge in [0.2, 0.25) is 0 Å². The minimum absolute atomic E-state index is 0.286. The fourth-order valence-corrected chi connectivity index (χ4v) is 4.79. The van der Waals surface area contributed by atoms with Crippen molar-refractivity contribution < 1.29 is 4.74 Å². The second kappa shape index (κ2) is 8.56. The van der Waals surface area contributed by atoms with Gasteiger partial charge in [0.1, 0.15) is 12.0 Å². The largest absolute Gasteiger partial charge is 0.374 e. The molecular formula is C24H28N8O. The molecule has 0 aliphatic carbocycles. The van der Waals surface area contributed by atoms with E-state index in [-0.39, 0.29) is 6.10 Å². The van der Waals surface area contributed by atoms with Gasteiger partial charge in [0.15, 0.2) is 5.82 Å². The first-order chi connectivity index (χ1) is 15.9. The monoisotopic (exact) mass is 444 g/mol. The zero-order chi connectivity index (χ0) is 23.1. The first-order valence-electron chi connectivity index (χ1n) is 11.1. The van der Waals surface area contributed by atoms with E-state index in [4.69, 9.17) is 15.5 Å². The normalized spacial score (nSPS) is 20.4. The van der Waals surface area contributed by atoms with E-state index in [1.165, 1.54) is 0 Å². The number of hydrogen-bond donors (Lipinski definition) is 2. The van der Waals surface area contributed by atoms with Crippen molar-refractivity contribution in [2.45, 2.75) is 38.2 Å². The molecule has 3 atom stereocenters. The smallest absolute Gasteiger partial charge is 0.158 e. The Labute approximate surface area is 193 Å². The summed E-state index contributed by atoms with van der Waals surface area (Å²) in [6.45, 7) is 4.17. The van der Waals surface area contributed by atoms with Crippen molar-refractivity contribution in [1.29, 1.82) is 5.26 Å². The Morgan fingerprint density at radius 2 is 2.18 bits per heavy atom. The number of fused-ring (bicyclic) bond motifs is 3. The van der Waals surface area contributed by atoms with Crippen molar-refractivity contribution in [2.24, 2.45) is 5.73 Å². The summed E-state index contributed by atoms with van der Waals surface area (Å²) in [5, 5.41) is 23.6. The van der Waals surface area contributed by atoms with Gasteiger partial charge in [-0.05, 0) is 50.7 Å². The Balaban J connectivity index is 1.54. The van der Waals surface area contributed by atoms with Gasteiger partial charge < -0.3 is 25.6 Å². The van der Waals surface area contributed by atoms with Gasteiger partial charge in [0.25, 0.3) is 0 Å². The molecule has 5 rings (SSSR count). The van der Waals surface area contributed by atoms with Crippen LogP contribution in [0.15, 0.2) is 30.5 Å². The van der Waals surface area contributed by atoms with E-state index in [1.807, 2.05) is 39.3 Å². The van der Waals surface area contributed by atoms with E-state index in [0.717, 1.165) is 53.0 Å². The van der Waals surface area contributed by atoms with E-state index in [0.29, 0.717) is 24.0 Å². The number of nitriles is 1. The van der Waals surface area contributed by atoms with Crippen LogP contribution in [0.3, 0.4) is 0 Å². The van der Waals surface area contributed by atoms with Crippen LogP contribution in [0.2, 0.25) is 0 Å². The Bertz CT molecular complexity index is 1240. The number of aromatic nitrogens is 3. The third-order valence-corrected chi connectivity index (χ3v) is 6.51. The minimum Gasteiger partial charge on any atom is -0.374 e. The second-order valence-electron chi connectivity index (χ2n) is 9.07. The van der Waals surface area contributed by atoms with Gasteiger partial charge in [-0.1, -0.05) is 12.1 Å². The summed E-state index contributed by atoms with van der Waals surface area (Å²) in [7, 11) is 4.01. The summed E-state index contributed by atoms with van der Waals surface area (Å²) in [5.74, 6) is 1.52.